The Morgan fingerprint density at radius 1 is 1.56 bits per heavy atom. The number of hydrogen-bond donors (Lipinski definition) is 1. The van der Waals surface area contributed by atoms with Crippen molar-refractivity contribution in [1.82, 2.24) is 14.9 Å². The Kier molecular flexibility index (Phi) is 3.34. The molecular formula is C11H15N3O2. The summed E-state index contributed by atoms with van der Waals surface area (Å²) in [6.07, 6.45) is 8.32. The molecule has 1 aliphatic carbocycles. The van der Waals surface area contributed by atoms with Gasteiger partial charge in [-0.15, -0.1) is 0 Å². The van der Waals surface area contributed by atoms with Crippen LogP contribution in [-0.2, 0) is 11.3 Å². The third-order valence-corrected chi connectivity index (χ3v) is 2.89. The largest absolute Gasteiger partial charge is 0.352 e. The average molecular weight is 221 g/mol. The summed E-state index contributed by atoms with van der Waals surface area (Å²) in [6, 6.07) is 0.315. The Bertz CT molecular complexity index is 380. The number of aldehydes is 1. The summed E-state index contributed by atoms with van der Waals surface area (Å²) in [5, 5.41) is 2.96. The number of nitrogens with one attached hydrogen (secondary N) is 1. The molecule has 0 spiro atoms. The van der Waals surface area contributed by atoms with Gasteiger partial charge in [0.15, 0.2) is 12.1 Å². The minimum Gasteiger partial charge on any atom is -0.352 e. The van der Waals surface area contributed by atoms with E-state index in [2.05, 4.69) is 10.3 Å². The summed E-state index contributed by atoms with van der Waals surface area (Å²) in [7, 11) is 0. The standard InChI is InChI=1S/C11H15N3O2/c15-8-10-12-5-6-14(10)7-11(16)13-9-3-1-2-4-9/h5-6,8-9H,1-4,7H2,(H,13,16). The van der Waals surface area contributed by atoms with Gasteiger partial charge in [0.05, 0.1) is 0 Å². The van der Waals surface area contributed by atoms with E-state index in [0.717, 1.165) is 12.8 Å². The second-order valence-corrected chi connectivity index (χ2v) is 4.08. The maximum atomic E-state index is 11.7. The maximum absolute atomic E-state index is 11.7. The summed E-state index contributed by atoms with van der Waals surface area (Å²) in [5.74, 6) is 0.245. The Morgan fingerprint density at radius 3 is 3.00 bits per heavy atom. The Morgan fingerprint density at radius 2 is 2.31 bits per heavy atom. The number of carbonyl (C=O) groups is 2. The molecule has 1 aliphatic rings. The van der Waals surface area contributed by atoms with Gasteiger partial charge in [0.1, 0.15) is 6.54 Å². The molecule has 0 radical (unpaired) electrons. The zero-order chi connectivity index (χ0) is 11.4. The molecule has 1 amide bonds. The lowest BCUT2D eigenvalue weighted by atomic mass is 10.2. The first kappa shape index (κ1) is 10.9. The lowest BCUT2D eigenvalue weighted by Gasteiger charge is -2.12. The molecule has 1 saturated carbocycles. The van der Waals surface area contributed by atoms with Crippen molar-refractivity contribution < 1.29 is 9.59 Å². The highest BCUT2D eigenvalue weighted by atomic mass is 16.2. The van der Waals surface area contributed by atoms with Gasteiger partial charge in [-0.05, 0) is 12.8 Å². The molecule has 0 saturated heterocycles. The van der Waals surface area contributed by atoms with Crippen LogP contribution in [0.1, 0.15) is 36.3 Å². The zero-order valence-electron chi connectivity index (χ0n) is 9.06. The lowest BCUT2D eigenvalue weighted by molar-refractivity contribution is -0.122. The van der Waals surface area contributed by atoms with Gasteiger partial charge >= 0.3 is 0 Å². The van der Waals surface area contributed by atoms with Crippen LogP contribution in [0.5, 0.6) is 0 Å². The van der Waals surface area contributed by atoms with Crippen LogP contribution in [0.2, 0.25) is 0 Å². The molecule has 86 valence electrons. The van der Waals surface area contributed by atoms with Crippen molar-refractivity contribution in [2.24, 2.45) is 0 Å². The van der Waals surface area contributed by atoms with E-state index < -0.39 is 0 Å². The smallest absolute Gasteiger partial charge is 0.240 e. The highest BCUT2D eigenvalue weighted by Crippen LogP contribution is 2.17. The minimum atomic E-state index is -0.0481. The van der Waals surface area contributed by atoms with Gasteiger partial charge in [-0.2, -0.15) is 0 Å². The molecule has 5 nitrogen and oxygen atoms in total. The number of amides is 1. The first-order valence-electron chi connectivity index (χ1n) is 5.55. The van der Waals surface area contributed by atoms with E-state index in [9.17, 15) is 9.59 Å². The Labute approximate surface area is 93.9 Å². The van der Waals surface area contributed by atoms with Gasteiger partial charge in [0.25, 0.3) is 0 Å². The number of carbonyl (C=O) groups excluding carboxylic acids is 2. The number of hydrogen-bond acceptors (Lipinski definition) is 3. The number of rotatable bonds is 4. The van der Waals surface area contributed by atoms with Gasteiger partial charge in [-0.25, -0.2) is 4.98 Å². The summed E-state index contributed by atoms with van der Waals surface area (Å²) >= 11 is 0. The molecule has 5 heteroatoms. The predicted molar refractivity (Wildman–Crippen MR) is 58.0 cm³/mol. The Balaban J connectivity index is 1.89. The van der Waals surface area contributed by atoms with E-state index in [1.165, 1.54) is 19.0 Å². The summed E-state index contributed by atoms with van der Waals surface area (Å²) in [5.41, 5.74) is 0. The van der Waals surface area contributed by atoms with Crippen molar-refractivity contribution in [3.05, 3.63) is 18.2 Å². The van der Waals surface area contributed by atoms with E-state index in [4.69, 9.17) is 0 Å². The second kappa shape index (κ2) is 4.92. The Hall–Kier alpha value is -1.65. The maximum Gasteiger partial charge on any atom is 0.240 e. The van der Waals surface area contributed by atoms with Crippen molar-refractivity contribution in [3.63, 3.8) is 0 Å². The summed E-state index contributed by atoms with van der Waals surface area (Å²) in [6.45, 7) is 0.171. The molecule has 0 atom stereocenters. The fraction of sp³-hybridized carbons (Fsp3) is 0.545. The van der Waals surface area contributed by atoms with Crippen LogP contribution in [0.3, 0.4) is 0 Å². The van der Waals surface area contributed by atoms with Crippen molar-refractivity contribution in [1.29, 1.82) is 0 Å². The SMILES string of the molecule is O=Cc1nccn1CC(=O)NC1CCCC1. The molecule has 1 N–H and O–H groups in total. The van der Waals surface area contributed by atoms with Crippen LogP contribution in [0.15, 0.2) is 12.4 Å². The average Bonchev–Trinajstić information content (AvgIpc) is 2.88. The number of aromatic nitrogens is 2. The van der Waals surface area contributed by atoms with Crippen LogP contribution in [-0.4, -0.2) is 27.8 Å². The van der Waals surface area contributed by atoms with E-state index in [1.54, 1.807) is 10.8 Å². The van der Waals surface area contributed by atoms with E-state index >= 15 is 0 Å². The van der Waals surface area contributed by atoms with Crippen molar-refractivity contribution in [2.45, 2.75) is 38.3 Å². The van der Waals surface area contributed by atoms with E-state index in [0.29, 0.717) is 18.2 Å². The summed E-state index contributed by atoms with van der Waals surface area (Å²) in [4.78, 5) is 26.1. The van der Waals surface area contributed by atoms with Gasteiger partial charge in [0.2, 0.25) is 5.91 Å². The molecular weight excluding hydrogens is 206 g/mol. The van der Waals surface area contributed by atoms with Crippen molar-refractivity contribution in [3.8, 4) is 0 Å². The molecule has 1 aromatic rings. The predicted octanol–water partition coefficient (Wildman–Crippen LogP) is 0.754. The first-order chi connectivity index (χ1) is 7.79. The topological polar surface area (TPSA) is 64.0 Å². The number of imidazole rings is 1. The normalized spacial score (nSPS) is 16.2. The third kappa shape index (κ3) is 2.48. The van der Waals surface area contributed by atoms with Crippen LogP contribution >= 0.6 is 0 Å². The van der Waals surface area contributed by atoms with E-state index in [1.807, 2.05) is 0 Å². The molecule has 0 aromatic carbocycles. The van der Waals surface area contributed by atoms with Crippen LogP contribution < -0.4 is 5.32 Å². The monoisotopic (exact) mass is 221 g/mol. The van der Waals surface area contributed by atoms with Crippen LogP contribution in [0.4, 0.5) is 0 Å². The van der Waals surface area contributed by atoms with Gasteiger partial charge in [-0.3, -0.25) is 9.59 Å². The highest BCUT2D eigenvalue weighted by Gasteiger charge is 2.17. The summed E-state index contributed by atoms with van der Waals surface area (Å²) < 4.78 is 1.55. The highest BCUT2D eigenvalue weighted by molar-refractivity contribution is 5.77. The molecule has 0 bridgehead atoms. The molecule has 2 rings (SSSR count). The van der Waals surface area contributed by atoms with Gasteiger partial charge < -0.3 is 9.88 Å². The molecule has 0 aliphatic heterocycles. The third-order valence-electron chi connectivity index (χ3n) is 2.89. The first-order valence-corrected chi connectivity index (χ1v) is 5.55. The van der Waals surface area contributed by atoms with Crippen molar-refractivity contribution in [2.75, 3.05) is 0 Å². The minimum absolute atomic E-state index is 0.0481. The van der Waals surface area contributed by atoms with Crippen molar-refractivity contribution >= 4 is 12.2 Å². The molecule has 16 heavy (non-hydrogen) atoms. The molecule has 1 heterocycles. The van der Waals surface area contributed by atoms with Gasteiger partial charge in [0, 0.05) is 18.4 Å². The zero-order valence-corrected chi connectivity index (χ0v) is 9.06. The lowest BCUT2D eigenvalue weighted by Crippen LogP contribution is -2.35. The van der Waals surface area contributed by atoms with E-state index in [-0.39, 0.29) is 12.5 Å². The van der Waals surface area contributed by atoms with Crippen LogP contribution in [0.25, 0.3) is 0 Å². The van der Waals surface area contributed by atoms with Gasteiger partial charge in [-0.1, -0.05) is 12.8 Å². The fourth-order valence-corrected chi connectivity index (χ4v) is 2.07. The number of nitrogens with zero attached hydrogens (tertiary/aromatic N) is 2. The second-order valence-electron chi connectivity index (χ2n) is 4.08. The fourth-order valence-electron chi connectivity index (χ4n) is 2.07. The molecule has 1 aromatic heterocycles. The molecule has 0 unspecified atom stereocenters. The van der Waals surface area contributed by atoms with Crippen LogP contribution in [0, 0.1) is 0 Å². The quantitative estimate of drug-likeness (QED) is 0.763. The molecule has 1 fully saturated rings.